The molecule has 0 spiro atoms. The van der Waals surface area contributed by atoms with Crippen molar-refractivity contribution in [1.82, 2.24) is 9.96 Å². The Labute approximate surface area is 67.5 Å². The lowest BCUT2D eigenvalue weighted by molar-refractivity contribution is -0.124. The minimum Gasteiger partial charge on any atom is -0.337 e. The molecule has 0 saturated heterocycles. The second-order valence-corrected chi connectivity index (χ2v) is 2.53. The van der Waals surface area contributed by atoms with Crippen LogP contribution < -0.4 is 0 Å². The predicted octanol–water partition coefficient (Wildman–Crippen LogP) is 1.17. The number of nitrogens with zero attached hydrogens (tertiary/aromatic N) is 2. The van der Waals surface area contributed by atoms with Gasteiger partial charge in [-0.15, -0.1) is 0 Å². The molecule has 0 N–H and O–H groups in total. The Morgan fingerprint density at radius 2 is 2.27 bits per heavy atom. The van der Waals surface area contributed by atoms with Crippen LogP contribution in [0.3, 0.4) is 0 Å². The first-order valence-electron chi connectivity index (χ1n) is 3.67. The van der Waals surface area contributed by atoms with Gasteiger partial charge in [0.1, 0.15) is 5.82 Å². The van der Waals surface area contributed by atoms with Crippen molar-refractivity contribution < 1.29 is 4.84 Å². The fourth-order valence-corrected chi connectivity index (χ4v) is 0.873. The van der Waals surface area contributed by atoms with Crippen LogP contribution in [0.25, 0.3) is 0 Å². The normalized spacial score (nSPS) is 22.9. The van der Waals surface area contributed by atoms with E-state index >= 15 is 0 Å². The summed E-state index contributed by atoms with van der Waals surface area (Å²) < 4.78 is 0. The van der Waals surface area contributed by atoms with Gasteiger partial charge in [0.05, 0.1) is 6.61 Å². The van der Waals surface area contributed by atoms with E-state index in [2.05, 4.69) is 12.7 Å². The topological polar surface area (TPSA) is 15.7 Å². The molecule has 1 aliphatic rings. The van der Waals surface area contributed by atoms with Crippen LogP contribution in [0.1, 0.15) is 6.42 Å². The summed E-state index contributed by atoms with van der Waals surface area (Å²) in [6, 6.07) is 0. The fraction of sp³-hybridized carbons (Fsp3) is 0.500. The summed E-state index contributed by atoms with van der Waals surface area (Å²) in [6.45, 7) is 4.58. The summed E-state index contributed by atoms with van der Waals surface area (Å²) in [7, 11) is 3.81. The third kappa shape index (κ3) is 1.98. The highest BCUT2D eigenvalue weighted by atomic mass is 16.7. The van der Waals surface area contributed by atoms with Crippen molar-refractivity contribution in [3.05, 3.63) is 24.7 Å². The van der Waals surface area contributed by atoms with Crippen LogP contribution in [0.4, 0.5) is 0 Å². The monoisotopic (exact) mass is 154 g/mol. The highest BCUT2D eigenvalue weighted by Crippen LogP contribution is 2.08. The van der Waals surface area contributed by atoms with Crippen LogP contribution >= 0.6 is 0 Å². The van der Waals surface area contributed by atoms with Crippen molar-refractivity contribution in [2.24, 2.45) is 0 Å². The maximum absolute atomic E-state index is 5.31. The average Bonchev–Trinajstić information content (AvgIpc) is 2.00. The molecule has 1 aliphatic heterocycles. The second kappa shape index (κ2) is 3.44. The molecule has 1 rings (SSSR count). The van der Waals surface area contributed by atoms with E-state index < -0.39 is 0 Å². The third-order valence-electron chi connectivity index (χ3n) is 1.67. The van der Waals surface area contributed by atoms with Crippen LogP contribution in [0.2, 0.25) is 0 Å². The van der Waals surface area contributed by atoms with E-state index in [1.807, 2.05) is 25.2 Å². The maximum atomic E-state index is 5.31. The van der Waals surface area contributed by atoms with Crippen LogP contribution in [0.15, 0.2) is 24.7 Å². The summed E-state index contributed by atoms with van der Waals surface area (Å²) in [5.74, 6) is 0.848. The van der Waals surface area contributed by atoms with Gasteiger partial charge in [0.25, 0.3) is 0 Å². The van der Waals surface area contributed by atoms with Crippen molar-refractivity contribution in [2.45, 2.75) is 6.42 Å². The van der Waals surface area contributed by atoms with Gasteiger partial charge >= 0.3 is 0 Å². The van der Waals surface area contributed by atoms with Gasteiger partial charge in [-0.1, -0.05) is 12.7 Å². The average molecular weight is 154 g/mol. The molecule has 0 aliphatic carbocycles. The number of hydrogen-bond donors (Lipinski definition) is 0. The summed E-state index contributed by atoms with van der Waals surface area (Å²) in [6.07, 6.45) is 5.02. The first kappa shape index (κ1) is 8.14. The zero-order valence-corrected chi connectivity index (χ0v) is 7.08. The van der Waals surface area contributed by atoms with Gasteiger partial charge in [-0.2, -0.15) is 0 Å². The lowest BCUT2D eigenvalue weighted by atomic mass is 10.4. The SMILES string of the molecule is C=C1N(C)/C=C\CCON1C. The quantitative estimate of drug-likeness (QED) is 0.521. The first-order chi connectivity index (χ1) is 5.22. The smallest absolute Gasteiger partial charge is 0.125 e. The lowest BCUT2D eigenvalue weighted by Gasteiger charge is -2.28. The fourth-order valence-electron chi connectivity index (χ4n) is 0.873. The first-order valence-corrected chi connectivity index (χ1v) is 3.67. The van der Waals surface area contributed by atoms with E-state index in [-0.39, 0.29) is 0 Å². The Morgan fingerprint density at radius 1 is 1.55 bits per heavy atom. The zero-order valence-electron chi connectivity index (χ0n) is 7.08. The van der Waals surface area contributed by atoms with Crippen molar-refractivity contribution in [3.63, 3.8) is 0 Å². The van der Waals surface area contributed by atoms with Crippen LogP contribution in [0.5, 0.6) is 0 Å². The molecule has 3 heteroatoms. The molecule has 11 heavy (non-hydrogen) atoms. The zero-order chi connectivity index (χ0) is 8.27. The number of rotatable bonds is 0. The molecule has 0 amide bonds. The van der Waals surface area contributed by atoms with Gasteiger partial charge in [-0.25, -0.2) is 5.06 Å². The third-order valence-corrected chi connectivity index (χ3v) is 1.67. The van der Waals surface area contributed by atoms with Gasteiger partial charge in [0, 0.05) is 20.3 Å². The van der Waals surface area contributed by atoms with Gasteiger partial charge in [0.2, 0.25) is 0 Å². The molecular formula is C8H14N2O. The Bertz CT molecular complexity index is 177. The summed E-state index contributed by atoms with van der Waals surface area (Å²) in [5, 5.41) is 1.68. The number of hydroxylamine groups is 2. The van der Waals surface area contributed by atoms with Gasteiger partial charge in [-0.05, 0) is 6.42 Å². The van der Waals surface area contributed by atoms with Gasteiger partial charge < -0.3 is 4.90 Å². The molecule has 62 valence electrons. The largest absolute Gasteiger partial charge is 0.337 e. The highest BCUT2D eigenvalue weighted by molar-refractivity contribution is 4.96. The van der Waals surface area contributed by atoms with Gasteiger partial charge in [-0.3, -0.25) is 4.84 Å². The molecule has 0 bridgehead atoms. The predicted molar refractivity (Wildman–Crippen MR) is 44.4 cm³/mol. The molecule has 0 atom stereocenters. The minimum absolute atomic E-state index is 0.722. The summed E-state index contributed by atoms with van der Waals surface area (Å²) in [5.41, 5.74) is 0. The Morgan fingerprint density at radius 3 is 3.00 bits per heavy atom. The van der Waals surface area contributed by atoms with Crippen LogP contribution in [-0.4, -0.2) is 30.7 Å². The van der Waals surface area contributed by atoms with E-state index in [9.17, 15) is 0 Å². The Hall–Kier alpha value is -0.960. The van der Waals surface area contributed by atoms with Crippen LogP contribution in [-0.2, 0) is 4.84 Å². The molecule has 0 aromatic rings. The van der Waals surface area contributed by atoms with Crippen molar-refractivity contribution in [2.75, 3.05) is 20.7 Å². The molecule has 0 aromatic heterocycles. The summed E-state index contributed by atoms with van der Waals surface area (Å²) >= 11 is 0. The molecule has 0 saturated carbocycles. The van der Waals surface area contributed by atoms with E-state index in [1.165, 1.54) is 0 Å². The maximum Gasteiger partial charge on any atom is 0.125 e. The van der Waals surface area contributed by atoms with E-state index in [0.29, 0.717) is 0 Å². The standard InChI is InChI=1S/C8H14N2O/c1-8-9(2)6-4-5-7-11-10(8)3/h4,6H,1,5,7H2,2-3H3/b6-4-. The molecule has 0 radical (unpaired) electrons. The Kier molecular flexibility index (Phi) is 2.54. The van der Waals surface area contributed by atoms with Crippen molar-refractivity contribution in [1.29, 1.82) is 0 Å². The molecule has 1 heterocycles. The van der Waals surface area contributed by atoms with E-state index in [0.717, 1.165) is 18.8 Å². The van der Waals surface area contributed by atoms with Crippen molar-refractivity contribution in [3.8, 4) is 0 Å². The molecular weight excluding hydrogens is 140 g/mol. The van der Waals surface area contributed by atoms with Crippen LogP contribution in [0, 0.1) is 0 Å². The summed E-state index contributed by atoms with van der Waals surface area (Å²) in [4.78, 5) is 7.24. The minimum atomic E-state index is 0.722. The lowest BCUT2D eigenvalue weighted by Crippen LogP contribution is -2.28. The highest BCUT2D eigenvalue weighted by Gasteiger charge is 2.06. The Balaban J connectivity index is 2.64. The van der Waals surface area contributed by atoms with E-state index in [1.54, 1.807) is 5.06 Å². The van der Waals surface area contributed by atoms with Crippen molar-refractivity contribution >= 4 is 0 Å². The molecule has 3 nitrogen and oxygen atoms in total. The number of hydrogen-bond acceptors (Lipinski definition) is 3. The molecule has 0 unspecified atom stereocenters. The molecule has 0 aromatic carbocycles. The molecule has 0 fully saturated rings. The van der Waals surface area contributed by atoms with Gasteiger partial charge in [0.15, 0.2) is 0 Å². The van der Waals surface area contributed by atoms with E-state index in [4.69, 9.17) is 4.84 Å². The second-order valence-electron chi connectivity index (χ2n) is 2.53.